The summed E-state index contributed by atoms with van der Waals surface area (Å²) >= 11 is 0. The quantitative estimate of drug-likeness (QED) is 0.368. The van der Waals surface area contributed by atoms with Crippen LogP contribution in [0.3, 0.4) is 0 Å². The van der Waals surface area contributed by atoms with E-state index >= 15 is 0 Å². The van der Waals surface area contributed by atoms with Gasteiger partial charge in [0.1, 0.15) is 0 Å². The fourth-order valence-corrected chi connectivity index (χ4v) is 3.01. The molecule has 0 fully saturated rings. The number of hydrogen-bond donors (Lipinski definition) is 2. The third kappa shape index (κ3) is 16.1. The Morgan fingerprint density at radius 2 is 0.857 bits per heavy atom. The molecular weight excluding hydrogens is 256 g/mol. The Morgan fingerprint density at radius 1 is 0.476 bits per heavy atom. The lowest BCUT2D eigenvalue weighted by Gasteiger charge is -2.11. The van der Waals surface area contributed by atoms with Gasteiger partial charge in [0, 0.05) is 12.1 Å². The first-order valence-electron chi connectivity index (χ1n) is 9.71. The van der Waals surface area contributed by atoms with Crippen LogP contribution in [0.4, 0.5) is 0 Å². The first-order chi connectivity index (χ1) is 10.2. The highest BCUT2D eigenvalue weighted by Gasteiger charge is 2.03. The largest absolute Gasteiger partial charge is 0.328 e. The smallest absolute Gasteiger partial charge is 0.00388 e. The van der Waals surface area contributed by atoms with Crippen molar-refractivity contribution in [2.24, 2.45) is 11.5 Å². The lowest BCUT2D eigenvalue weighted by molar-refractivity contribution is 0.478. The third-order valence-electron chi connectivity index (χ3n) is 4.49. The predicted octanol–water partition coefficient (Wildman–Crippen LogP) is 5.53. The maximum absolute atomic E-state index is 6.17. The molecule has 0 aromatic rings. The van der Waals surface area contributed by atoms with Crippen molar-refractivity contribution >= 4 is 0 Å². The Labute approximate surface area is 134 Å². The van der Waals surface area contributed by atoms with E-state index in [-0.39, 0.29) is 0 Å². The van der Waals surface area contributed by atoms with Crippen molar-refractivity contribution in [3.63, 3.8) is 0 Å². The molecule has 21 heavy (non-hydrogen) atoms. The van der Waals surface area contributed by atoms with Crippen molar-refractivity contribution in [1.29, 1.82) is 0 Å². The number of rotatable bonds is 16. The fourth-order valence-electron chi connectivity index (χ4n) is 3.01. The van der Waals surface area contributed by atoms with E-state index in [1.54, 1.807) is 0 Å². The van der Waals surface area contributed by atoms with Gasteiger partial charge >= 0.3 is 0 Å². The van der Waals surface area contributed by atoms with Crippen LogP contribution >= 0.6 is 0 Å². The molecule has 2 unspecified atom stereocenters. The highest BCUT2D eigenvalue weighted by molar-refractivity contribution is 4.62. The molecule has 128 valence electrons. The summed E-state index contributed by atoms with van der Waals surface area (Å²) in [6.45, 7) is 4.48. The van der Waals surface area contributed by atoms with Crippen LogP contribution in [0.25, 0.3) is 0 Å². The van der Waals surface area contributed by atoms with E-state index < -0.39 is 0 Å². The molecule has 0 radical (unpaired) electrons. The predicted molar refractivity (Wildman–Crippen MR) is 96.6 cm³/mol. The second kappa shape index (κ2) is 16.3. The number of nitrogens with two attached hydrogens (primary N) is 2. The maximum Gasteiger partial charge on any atom is 0.00388 e. The van der Waals surface area contributed by atoms with Gasteiger partial charge in [0.25, 0.3) is 0 Å². The Kier molecular flexibility index (Phi) is 16.2. The van der Waals surface area contributed by atoms with Gasteiger partial charge in [-0.15, -0.1) is 0 Å². The number of unbranched alkanes of at least 4 members (excludes halogenated alkanes) is 8. The summed E-state index contributed by atoms with van der Waals surface area (Å²) in [7, 11) is 0. The Hall–Kier alpha value is -0.0800. The van der Waals surface area contributed by atoms with E-state index in [0.717, 1.165) is 0 Å². The Balaban J connectivity index is 3.17. The van der Waals surface area contributed by atoms with Crippen molar-refractivity contribution in [2.75, 3.05) is 0 Å². The number of hydrogen-bond acceptors (Lipinski definition) is 2. The first kappa shape index (κ1) is 20.9. The van der Waals surface area contributed by atoms with E-state index in [4.69, 9.17) is 11.5 Å². The van der Waals surface area contributed by atoms with Gasteiger partial charge in [-0.05, 0) is 25.7 Å². The molecule has 0 heterocycles. The highest BCUT2D eigenvalue weighted by atomic mass is 14.6. The molecule has 0 spiro atoms. The minimum atomic E-state index is 0.445. The molecular formula is C19H42N2. The molecule has 0 amide bonds. The molecule has 4 N–H and O–H groups in total. The minimum Gasteiger partial charge on any atom is -0.328 e. The lowest BCUT2D eigenvalue weighted by Crippen LogP contribution is -2.19. The van der Waals surface area contributed by atoms with Crippen molar-refractivity contribution < 1.29 is 0 Å². The average Bonchev–Trinajstić information content (AvgIpc) is 2.46. The molecule has 0 bridgehead atoms. The second-order valence-corrected chi connectivity index (χ2v) is 6.86. The van der Waals surface area contributed by atoms with Gasteiger partial charge in [0.05, 0.1) is 0 Å². The van der Waals surface area contributed by atoms with Gasteiger partial charge in [0.15, 0.2) is 0 Å². The van der Waals surface area contributed by atoms with E-state index in [1.165, 1.54) is 96.3 Å². The molecule has 0 aromatic carbocycles. The molecule has 0 aromatic heterocycles. The molecule has 0 saturated carbocycles. The third-order valence-corrected chi connectivity index (χ3v) is 4.49. The monoisotopic (exact) mass is 298 g/mol. The maximum atomic E-state index is 6.17. The molecule has 2 heteroatoms. The molecule has 2 nitrogen and oxygen atoms in total. The summed E-state index contributed by atoms with van der Waals surface area (Å²) < 4.78 is 0. The summed E-state index contributed by atoms with van der Waals surface area (Å²) in [5.41, 5.74) is 12.2. The fraction of sp³-hybridized carbons (Fsp3) is 1.00. The van der Waals surface area contributed by atoms with Crippen LogP contribution in [0.1, 0.15) is 110 Å². The Morgan fingerprint density at radius 3 is 1.29 bits per heavy atom. The summed E-state index contributed by atoms with van der Waals surface area (Å²) in [6, 6.07) is 0.898. The van der Waals surface area contributed by atoms with Crippen LogP contribution in [0, 0.1) is 0 Å². The lowest BCUT2D eigenvalue weighted by atomic mass is 10.0. The molecule has 0 aliphatic heterocycles. The normalized spacial score (nSPS) is 14.3. The van der Waals surface area contributed by atoms with E-state index in [0.29, 0.717) is 12.1 Å². The van der Waals surface area contributed by atoms with Crippen LogP contribution in [0.5, 0.6) is 0 Å². The topological polar surface area (TPSA) is 52.0 Å². The van der Waals surface area contributed by atoms with Gasteiger partial charge in [-0.25, -0.2) is 0 Å². The van der Waals surface area contributed by atoms with E-state index in [2.05, 4.69) is 13.8 Å². The van der Waals surface area contributed by atoms with Crippen LogP contribution in [-0.4, -0.2) is 12.1 Å². The van der Waals surface area contributed by atoms with Gasteiger partial charge < -0.3 is 11.5 Å². The van der Waals surface area contributed by atoms with Crippen molar-refractivity contribution in [3.05, 3.63) is 0 Å². The zero-order valence-electron chi connectivity index (χ0n) is 14.9. The summed E-state index contributed by atoms with van der Waals surface area (Å²) in [4.78, 5) is 0. The average molecular weight is 299 g/mol. The zero-order chi connectivity index (χ0) is 15.8. The highest BCUT2D eigenvalue weighted by Crippen LogP contribution is 2.13. The summed E-state index contributed by atoms with van der Waals surface area (Å²) in [6.07, 6.45) is 19.6. The SMILES string of the molecule is CCCCCCC(N)CCCCCCCCC(N)CCC. The van der Waals surface area contributed by atoms with Crippen LogP contribution in [-0.2, 0) is 0 Å². The van der Waals surface area contributed by atoms with Gasteiger partial charge in [-0.2, -0.15) is 0 Å². The van der Waals surface area contributed by atoms with Gasteiger partial charge in [-0.1, -0.05) is 84.5 Å². The van der Waals surface area contributed by atoms with E-state index in [9.17, 15) is 0 Å². The first-order valence-corrected chi connectivity index (χ1v) is 9.71. The summed E-state index contributed by atoms with van der Waals surface area (Å²) in [5.74, 6) is 0. The Bertz CT molecular complexity index is 194. The van der Waals surface area contributed by atoms with E-state index in [1.807, 2.05) is 0 Å². The van der Waals surface area contributed by atoms with Crippen molar-refractivity contribution in [1.82, 2.24) is 0 Å². The van der Waals surface area contributed by atoms with Gasteiger partial charge in [-0.3, -0.25) is 0 Å². The zero-order valence-corrected chi connectivity index (χ0v) is 14.9. The minimum absolute atomic E-state index is 0.445. The molecule has 0 saturated heterocycles. The summed E-state index contributed by atoms with van der Waals surface area (Å²) in [5, 5.41) is 0. The molecule has 0 aliphatic carbocycles. The molecule has 0 rings (SSSR count). The van der Waals surface area contributed by atoms with Crippen molar-refractivity contribution in [3.8, 4) is 0 Å². The second-order valence-electron chi connectivity index (χ2n) is 6.86. The molecule has 2 atom stereocenters. The van der Waals surface area contributed by atoms with Crippen LogP contribution in [0.2, 0.25) is 0 Å². The standard InChI is InChI=1S/C19H42N2/c1-3-5-6-11-16-19(21)17-13-10-8-7-9-12-15-18(20)14-4-2/h18-19H,3-17,20-21H2,1-2H3. The van der Waals surface area contributed by atoms with Gasteiger partial charge in [0.2, 0.25) is 0 Å². The van der Waals surface area contributed by atoms with Crippen molar-refractivity contribution in [2.45, 2.75) is 122 Å². The van der Waals surface area contributed by atoms with Crippen LogP contribution in [0.15, 0.2) is 0 Å². The van der Waals surface area contributed by atoms with Crippen LogP contribution < -0.4 is 11.5 Å². The molecule has 0 aliphatic rings.